The number of aromatic nitrogens is 1. The number of carbonyl (C=O) groups excluding carboxylic acids is 1. The molecule has 1 amide bonds. The fourth-order valence-electron chi connectivity index (χ4n) is 3.77. The molecule has 0 bridgehead atoms. The number of amides is 1. The number of halogens is 1. The van der Waals surface area contributed by atoms with Gasteiger partial charge < -0.3 is 15.2 Å². The SMILES string of the molecule is O=C(NC(Cc1cccnc1Br)C(=O)O)OCC1c2ccccc2-c2ccccc21. The highest BCUT2D eigenvalue weighted by atomic mass is 79.9. The van der Waals surface area contributed by atoms with Gasteiger partial charge >= 0.3 is 12.1 Å². The predicted octanol–water partition coefficient (Wildman–Crippen LogP) is 4.38. The molecule has 3 aromatic rings. The number of nitrogens with zero attached hydrogens (tertiary/aromatic N) is 1. The summed E-state index contributed by atoms with van der Waals surface area (Å²) in [6.45, 7) is 0.128. The van der Waals surface area contributed by atoms with Crippen molar-refractivity contribution in [1.29, 1.82) is 0 Å². The summed E-state index contributed by atoms with van der Waals surface area (Å²) in [7, 11) is 0. The number of hydrogen-bond acceptors (Lipinski definition) is 4. The van der Waals surface area contributed by atoms with E-state index in [0.717, 1.165) is 22.3 Å². The van der Waals surface area contributed by atoms with Gasteiger partial charge in [-0.3, -0.25) is 0 Å². The molecule has 0 radical (unpaired) electrons. The quantitative estimate of drug-likeness (QED) is 0.526. The molecular formula is C23H19BrN2O4. The molecule has 2 N–H and O–H groups in total. The summed E-state index contributed by atoms with van der Waals surface area (Å²) in [5.41, 5.74) is 5.14. The zero-order valence-corrected chi connectivity index (χ0v) is 17.5. The second-order valence-corrected chi connectivity index (χ2v) is 7.77. The number of carboxylic acid groups (broad SMARTS) is 1. The minimum Gasteiger partial charge on any atom is -0.480 e. The fourth-order valence-corrected chi connectivity index (χ4v) is 4.19. The Bertz CT molecular complexity index is 1060. The number of carbonyl (C=O) groups is 2. The van der Waals surface area contributed by atoms with Crippen molar-refractivity contribution in [2.45, 2.75) is 18.4 Å². The van der Waals surface area contributed by atoms with E-state index in [9.17, 15) is 14.7 Å². The van der Waals surface area contributed by atoms with Gasteiger partial charge in [0.25, 0.3) is 0 Å². The Morgan fingerprint density at radius 1 is 1.03 bits per heavy atom. The molecule has 1 heterocycles. The van der Waals surface area contributed by atoms with Crippen molar-refractivity contribution in [2.24, 2.45) is 0 Å². The number of pyridine rings is 1. The standard InChI is InChI=1S/C23H19BrN2O4/c24-21-14(6-5-11-25-21)12-20(22(27)28)26-23(29)30-13-19-17-9-3-1-7-15(17)16-8-2-4-10-18(16)19/h1-11,19-20H,12-13H2,(H,26,29)(H,27,28). The number of alkyl carbamates (subject to hydrolysis) is 1. The highest BCUT2D eigenvalue weighted by Gasteiger charge is 2.30. The maximum Gasteiger partial charge on any atom is 0.407 e. The monoisotopic (exact) mass is 466 g/mol. The average molecular weight is 467 g/mol. The molecule has 2 aromatic carbocycles. The van der Waals surface area contributed by atoms with Gasteiger partial charge in [-0.15, -0.1) is 0 Å². The van der Waals surface area contributed by atoms with Gasteiger partial charge in [0.05, 0.1) is 0 Å². The largest absolute Gasteiger partial charge is 0.480 e. The summed E-state index contributed by atoms with van der Waals surface area (Å²) in [5, 5.41) is 12.0. The molecule has 1 aliphatic rings. The summed E-state index contributed by atoms with van der Waals surface area (Å²) < 4.78 is 5.99. The van der Waals surface area contributed by atoms with E-state index in [4.69, 9.17) is 4.74 Å². The number of hydrogen-bond donors (Lipinski definition) is 2. The van der Waals surface area contributed by atoms with Crippen molar-refractivity contribution in [2.75, 3.05) is 6.61 Å². The van der Waals surface area contributed by atoms with Crippen LogP contribution in [0.25, 0.3) is 11.1 Å². The lowest BCUT2D eigenvalue weighted by Crippen LogP contribution is -2.43. The predicted molar refractivity (Wildman–Crippen MR) is 115 cm³/mol. The van der Waals surface area contributed by atoms with E-state index < -0.39 is 18.1 Å². The summed E-state index contributed by atoms with van der Waals surface area (Å²) in [5.74, 6) is -1.22. The van der Waals surface area contributed by atoms with E-state index >= 15 is 0 Å². The van der Waals surface area contributed by atoms with Crippen LogP contribution in [-0.4, -0.2) is 34.8 Å². The summed E-state index contributed by atoms with van der Waals surface area (Å²) in [6.07, 6.45) is 0.931. The molecule has 7 heteroatoms. The molecule has 4 rings (SSSR count). The van der Waals surface area contributed by atoms with Crippen LogP contribution < -0.4 is 5.32 Å². The van der Waals surface area contributed by atoms with Crippen LogP contribution in [0.2, 0.25) is 0 Å². The first kappa shape index (κ1) is 20.1. The van der Waals surface area contributed by atoms with Crippen LogP contribution >= 0.6 is 15.9 Å². The van der Waals surface area contributed by atoms with Gasteiger partial charge in [-0.25, -0.2) is 14.6 Å². The third-order valence-electron chi connectivity index (χ3n) is 5.19. The van der Waals surface area contributed by atoms with Crippen LogP contribution in [0.3, 0.4) is 0 Å². The second kappa shape index (κ2) is 8.67. The highest BCUT2D eigenvalue weighted by Crippen LogP contribution is 2.44. The molecule has 1 atom stereocenters. The molecule has 1 unspecified atom stereocenters. The first-order valence-electron chi connectivity index (χ1n) is 9.48. The second-order valence-electron chi connectivity index (χ2n) is 7.02. The van der Waals surface area contributed by atoms with Crippen molar-refractivity contribution in [3.63, 3.8) is 0 Å². The van der Waals surface area contributed by atoms with E-state index in [0.29, 0.717) is 10.2 Å². The number of ether oxygens (including phenoxy) is 1. The molecule has 152 valence electrons. The molecule has 6 nitrogen and oxygen atoms in total. The van der Waals surface area contributed by atoms with Crippen LogP contribution in [0.5, 0.6) is 0 Å². The Balaban J connectivity index is 1.44. The van der Waals surface area contributed by atoms with Gasteiger partial charge in [0.1, 0.15) is 17.3 Å². The van der Waals surface area contributed by atoms with E-state index in [2.05, 4.69) is 38.4 Å². The van der Waals surface area contributed by atoms with E-state index in [1.165, 1.54) is 0 Å². The average Bonchev–Trinajstić information content (AvgIpc) is 3.07. The molecule has 1 aliphatic carbocycles. The number of rotatable bonds is 6. The molecule has 0 saturated carbocycles. The maximum absolute atomic E-state index is 12.4. The minimum absolute atomic E-state index is 0.0844. The molecule has 30 heavy (non-hydrogen) atoms. The summed E-state index contributed by atoms with van der Waals surface area (Å²) >= 11 is 3.30. The van der Waals surface area contributed by atoms with Crippen molar-refractivity contribution < 1.29 is 19.4 Å². The zero-order chi connectivity index (χ0) is 21.1. The third-order valence-corrected chi connectivity index (χ3v) is 5.91. The Kier molecular flexibility index (Phi) is 5.81. The Morgan fingerprint density at radius 3 is 2.27 bits per heavy atom. The minimum atomic E-state index is -1.14. The lowest BCUT2D eigenvalue weighted by Gasteiger charge is -2.17. The van der Waals surface area contributed by atoms with Crippen molar-refractivity contribution >= 4 is 28.0 Å². The Morgan fingerprint density at radius 2 is 1.67 bits per heavy atom. The van der Waals surface area contributed by atoms with Crippen molar-refractivity contribution in [1.82, 2.24) is 10.3 Å². The molecule has 0 fully saturated rings. The summed E-state index contributed by atoms with van der Waals surface area (Å²) in [4.78, 5) is 28.1. The number of benzene rings is 2. The Hall–Kier alpha value is -3.19. The fraction of sp³-hybridized carbons (Fsp3) is 0.174. The number of fused-ring (bicyclic) bond motifs is 3. The lowest BCUT2D eigenvalue weighted by atomic mass is 9.98. The third kappa shape index (κ3) is 4.07. The Labute approximate surface area is 182 Å². The molecule has 0 saturated heterocycles. The van der Waals surface area contributed by atoms with Crippen LogP contribution in [0.15, 0.2) is 71.5 Å². The summed E-state index contributed by atoms with van der Waals surface area (Å²) in [6, 6.07) is 18.4. The first-order chi connectivity index (χ1) is 14.5. The van der Waals surface area contributed by atoms with Crippen LogP contribution in [-0.2, 0) is 16.0 Å². The smallest absolute Gasteiger partial charge is 0.407 e. The van der Waals surface area contributed by atoms with Crippen LogP contribution in [0.1, 0.15) is 22.6 Å². The van der Waals surface area contributed by atoms with Crippen LogP contribution in [0.4, 0.5) is 4.79 Å². The first-order valence-corrected chi connectivity index (χ1v) is 10.3. The van der Waals surface area contributed by atoms with Gasteiger partial charge in [-0.05, 0) is 49.8 Å². The lowest BCUT2D eigenvalue weighted by molar-refractivity contribution is -0.139. The van der Waals surface area contributed by atoms with Gasteiger partial charge in [0.15, 0.2) is 0 Å². The van der Waals surface area contributed by atoms with E-state index in [-0.39, 0.29) is 18.9 Å². The van der Waals surface area contributed by atoms with Gasteiger partial charge in [0, 0.05) is 18.5 Å². The van der Waals surface area contributed by atoms with Crippen molar-refractivity contribution in [3.8, 4) is 11.1 Å². The number of carboxylic acids is 1. The van der Waals surface area contributed by atoms with Gasteiger partial charge in [-0.1, -0.05) is 54.6 Å². The van der Waals surface area contributed by atoms with Crippen LogP contribution in [0, 0.1) is 0 Å². The van der Waals surface area contributed by atoms with Gasteiger partial charge in [-0.2, -0.15) is 0 Å². The normalized spacial score (nSPS) is 13.2. The number of nitrogens with one attached hydrogen (secondary N) is 1. The maximum atomic E-state index is 12.4. The highest BCUT2D eigenvalue weighted by molar-refractivity contribution is 9.10. The van der Waals surface area contributed by atoms with E-state index in [1.807, 2.05) is 36.4 Å². The van der Waals surface area contributed by atoms with E-state index in [1.54, 1.807) is 18.3 Å². The molecule has 0 aliphatic heterocycles. The molecule has 0 spiro atoms. The van der Waals surface area contributed by atoms with Gasteiger partial charge in [0.2, 0.25) is 0 Å². The number of aliphatic carboxylic acids is 1. The molecule has 1 aromatic heterocycles. The van der Waals surface area contributed by atoms with Crippen molar-refractivity contribution in [3.05, 3.63) is 88.2 Å². The zero-order valence-electron chi connectivity index (χ0n) is 15.9. The molecular weight excluding hydrogens is 448 g/mol. The topological polar surface area (TPSA) is 88.5 Å².